The number of benzene rings is 1. The number of likely N-dealkylation sites (N-methyl/N-ethyl adjacent to an activating group) is 1. The van der Waals surface area contributed by atoms with Crippen molar-refractivity contribution >= 4 is 10.9 Å². The van der Waals surface area contributed by atoms with E-state index in [0.717, 1.165) is 0 Å². The van der Waals surface area contributed by atoms with Gasteiger partial charge in [0.25, 0.3) is 0 Å². The van der Waals surface area contributed by atoms with Gasteiger partial charge in [0.15, 0.2) is 0 Å². The molecular formula is C13H19N3. The first-order valence-corrected chi connectivity index (χ1v) is 5.65. The maximum Gasteiger partial charge on any atom is 0.0492 e. The average Bonchev–Trinajstić information content (AvgIpc) is 2.57. The summed E-state index contributed by atoms with van der Waals surface area (Å²) in [7, 11) is 1.95. The highest BCUT2D eigenvalue weighted by atomic mass is 14.9. The standard InChI is InChI=1S/C13H19N3/c1-8(14)13(15-3)12-9(2)16-11-7-5-4-6-10(11)12/h4-8,13,15-16H,14H2,1-3H3. The first kappa shape index (κ1) is 11.2. The molecule has 0 saturated carbocycles. The fourth-order valence-electron chi connectivity index (χ4n) is 2.37. The number of nitrogens with two attached hydrogens (primary N) is 1. The first-order chi connectivity index (χ1) is 7.65. The summed E-state index contributed by atoms with van der Waals surface area (Å²) in [4.78, 5) is 3.40. The molecule has 2 rings (SSSR count). The third-order valence-electron chi connectivity index (χ3n) is 3.09. The van der Waals surface area contributed by atoms with Gasteiger partial charge in [-0.25, -0.2) is 0 Å². The Hall–Kier alpha value is -1.32. The molecule has 3 heteroatoms. The van der Waals surface area contributed by atoms with Gasteiger partial charge in [-0.05, 0) is 32.5 Å². The van der Waals surface area contributed by atoms with Gasteiger partial charge in [0.2, 0.25) is 0 Å². The van der Waals surface area contributed by atoms with E-state index in [9.17, 15) is 0 Å². The van der Waals surface area contributed by atoms with Crippen LogP contribution in [0.4, 0.5) is 0 Å². The number of aromatic amines is 1. The summed E-state index contributed by atoms with van der Waals surface area (Å²) < 4.78 is 0. The molecule has 0 radical (unpaired) electrons. The van der Waals surface area contributed by atoms with E-state index < -0.39 is 0 Å². The van der Waals surface area contributed by atoms with Crippen LogP contribution in [0.2, 0.25) is 0 Å². The second-order valence-corrected chi connectivity index (χ2v) is 4.33. The summed E-state index contributed by atoms with van der Waals surface area (Å²) in [6.07, 6.45) is 0. The molecule has 16 heavy (non-hydrogen) atoms. The third kappa shape index (κ3) is 1.72. The molecule has 1 aromatic heterocycles. The fourth-order valence-corrected chi connectivity index (χ4v) is 2.37. The van der Waals surface area contributed by atoms with Gasteiger partial charge in [-0.1, -0.05) is 18.2 Å². The van der Waals surface area contributed by atoms with Gasteiger partial charge in [0, 0.05) is 28.7 Å². The molecule has 2 unspecified atom stereocenters. The van der Waals surface area contributed by atoms with Crippen molar-refractivity contribution in [1.29, 1.82) is 0 Å². The highest BCUT2D eigenvalue weighted by Crippen LogP contribution is 2.28. The third-order valence-corrected chi connectivity index (χ3v) is 3.09. The monoisotopic (exact) mass is 217 g/mol. The van der Waals surface area contributed by atoms with Gasteiger partial charge in [-0.3, -0.25) is 0 Å². The summed E-state index contributed by atoms with van der Waals surface area (Å²) in [5, 5.41) is 4.55. The van der Waals surface area contributed by atoms with Crippen molar-refractivity contribution in [2.45, 2.75) is 25.9 Å². The van der Waals surface area contributed by atoms with Crippen LogP contribution in [-0.4, -0.2) is 18.1 Å². The van der Waals surface area contributed by atoms with Gasteiger partial charge in [0.1, 0.15) is 0 Å². The molecule has 0 aliphatic rings. The normalized spacial score (nSPS) is 15.2. The quantitative estimate of drug-likeness (QED) is 0.737. The molecule has 0 aliphatic carbocycles. The number of aromatic nitrogens is 1. The molecule has 0 amide bonds. The van der Waals surface area contributed by atoms with Crippen molar-refractivity contribution < 1.29 is 0 Å². The second kappa shape index (κ2) is 4.28. The number of H-pyrrole nitrogens is 1. The number of hydrogen-bond acceptors (Lipinski definition) is 2. The highest BCUT2D eigenvalue weighted by molar-refractivity contribution is 5.85. The molecule has 3 nitrogen and oxygen atoms in total. The van der Waals surface area contributed by atoms with Crippen LogP contribution in [0.15, 0.2) is 24.3 Å². The molecule has 2 atom stereocenters. The Labute approximate surface area is 96.0 Å². The number of para-hydroxylation sites is 1. The molecule has 1 aromatic carbocycles. The minimum absolute atomic E-state index is 0.0860. The highest BCUT2D eigenvalue weighted by Gasteiger charge is 2.20. The van der Waals surface area contributed by atoms with E-state index in [1.165, 1.54) is 22.2 Å². The molecule has 0 bridgehead atoms. The van der Waals surface area contributed by atoms with E-state index in [1.54, 1.807) is 0 Å². The summed E-state index contributed by atoms with van der Waals surface area (Å²) in [6, 6.07) is 8.62. The average molecular weight is 217 g/mol. The van der Waals surface area contributed by atoms with E-state index >= 15 is 0 Å². The van der Waals surface area contributed by atoms with E-state index in [4.69, 9.17) is 5.73 Å². The lowest BCUT2D eigenvalue weighted by molar-refractivity contribution is 0.504. The Bertz CT molecular complexity index is 485. The molecule has 0 aliphatic heterocycles. The summed E-state index contributed by atoms with van der Waals surface area (Å²) in [6.45, 7) is 4.13. The summed E-state index contributed by atoms with van der Waals surface area (Å²) in [5.41, 5.74) is 9.68. The number of aryl methyl sites for hydroxylation is 1. The summed E-state index contributed by atoms with van der Waals surface area (Å²) >= 11 is 0. The van der Waals surface area contributed by atoms with Crippen LogP contribution >= 0.6 is 0 Å². The van der Waals surface area contributed by atoms with Crippen molar-refractivity contribution in [3.63, 3.8) is 0 Å². The predicted molar refractivity (Wildman–Crippen MR) is 68.5 cm³/mol. The molecular weight excluding hydrogens is 198 g/mol. The van der Waals surface area contributed by atoms with Crippen molar-refractivity contribution in [2.24, 2.45) is 5.73 Å². The molecule has 2 aromatic rings. The van der Waals surface area contributed by atoms with Crippen molar-refractivity contribution in [3.8, 4) is 0 Å². The van der Waals surface area contributed by atoms with Crippen molar-refractivity contribution in [1.82, 2.24) is 10.3 Å². The topological polar surface area (TPSA) is 53.8 Å². The van der Waals surface area contributed by atoms with Crippen LogP contribution in [-0.2, 0) is 0 Å². The first-order valence-electron chi connectivity index (χ1n) is 5.65. The Kier molecular flexibility index (Phi) is 2.99. The van der Waals surface area contributed by atoms with Crippen LogP contribution < -0.4 is 11.1 Å². The molecule has 1 heterocycles. The van der Waals surface area contributed by atoms with Crippen molar-refractivity contribution in [3.05, 3.63) is 35.5 Å². The molecule has 0 saturated heterocycles. The van der Waals surface area contributed by atoms with E-state index in [-0.39, 0.29) is 12.1 Å². The van der Waals surface area contributed by atoms with Crippen LogP contribution in [0.1, 0.15) is 24.2 Å². The van der Waals surface area contributed by atoms with Gasteiger partial charge in [0.05, 0.1) is 0 Å². The van der Waals surface area contributed by atoms with Gasteiger partial charge < -0.3 is 16.0 Å². The number of nitrogens with one attached hydrogen (secondary N) is 2. The lowest BCUT2D eigenvalue weighted by Gasteiger charge is -2.20. The van der Waals surface area contributed by atoms with Crippen LogP contribution in [0.25, 0.3) is 10.9 Å². The smallest absolute Gasteiger partial charge is 0.0492 e. The van der Waals surface area contributed by atoms with Crippen LogP contribution in [0.3, 0.4) is 0 Å². The summed E-state index contributed by atoms with van der Waals surface area (Å²) in [5.74, 6) is 0. The van der Waals surface area contributed by atoms with Crippen LogP contribution in [0, 0.1) is 6.92 Å². The van der Waals surface area contributed by atoms with E-state index in [1.807, 2.05) is 20.0 Å². The van der Waals surface area contributed by atoms with Gasteiger partial charge >= 0.3 is 0 Å². The zero-order valence-electron chi connectivity index (χ0n) is 10.0. The lowest BCUT2D eigenvalue weighted by Crippen LogP contribution is -2.33. The number of fused-ring (bicyclic) bond motifs is 1. The molecule has 0 spiro atoms. The minimum Gasteiger partial charge on any atom is -0.358 e. The second-order valence-electron chi connectivity index (χ2n) is 4.33. The van der Waals surface area contributed by atoms with Gasteiger partial charge in [-0.2, -0.15) is 0 Å². The Morgan fingerprint density at radius 2 is 2.00 bits per heavy atom. The molecule has 0 fully saturated rings. The van der Waals surface area contributed by atoms with Crippen LogP contribution in [0.5, 0.6) is 0 Å². The van der Waals surface area contributed by atoms with Crippen molar-refractivity contribution in [2.75, 3.05) is 7.05 Å². The maximum absolute atomic E-state index is 6.02. The predicted octanol–water partition coefficient (Wildman–Crippen LogP) is 2.08. The zero-order chi connectivity index (χ0) is 11.7. The fraction of sp³-hybridized carbons (Fsp3) is 0.385. The Morgan fingerprint density at radius 3 is 2.62 bits per heavy atom. The van der Waals surface area contributed by atoms with E-state index in [2.05, 4.69) is 35.4 Å². The minimum atomic E-state index is 0.0860. The Balaban J connectivity index is 2.62. The largest absolute Gasteiger partial charge is 0.358 e. The van der Waals surface area contributed by atoms with E-state index in [0.29, 0.717) is 0 Å². The number of rotatable bonds is 3. The molecule has 86 valence electrons. The number of hydrogen-bond donors (Lipinski definition) is 3. The molecule has 4 N–H and O–H groups in total. The van der Waals surface area contributed by atoms with Gasteiger partial charge in [-0.15, -0.1) is 0 Å². The Morgan fingerprint density at radius 1 is 1.31 bits per heavy atom. The SMILES string of the molecule is CNC(c1c(C)[nH]c2ccccc12)C(C)N. The maximum atomic E-state index is 6.02. The lowest BCUT2D eigenvalue weighted by atomic mass is 9.98. The zero-order valence-corrected chi connectivity index (χ0v) is 10.0.